The van der Waals surface area contributed by atoms with Crippen molar-refractivity contribution in [2.24, 2.45) is 17.8 Å². The van der Waals surface area contributed by atoms with Crippen LogP contribution in [0, 0.1) is 24.7 Å². The number of benzene rings is 1. The second-order valence-electron chi connectivity index (χ2n) is 8.41. The van der Waals surface area contributed by atoms with Crippen LogP contribution in [0.5, 0.6) is 0 Å². The molecule has 0 radical (unpaired) electrons. The van der Waals surface area contributed by atoms with Crippen LogP contribution in [0.25, 0.3) is 0 Å². The molecule has 27 heavy (non-hydrogen) atoms. The van der Waals surface area contributed by atoms with Gasteiger partial charge in [-0.3, -0.25) is 9.59 Å². The minimum Gasteiger partial charge on any atom is -0.381 e. The number of rotatable bonds is 3. The zero-order valence-electron chi connectivity index (χ0n) is 16.2. The molecule has 4 rings (SSSR count). The van der Waals surface area contributed by atoms with Crippen molar-refractivity contribution in [1.82, 2.24) is 9.80 Å². The van der Waals surface area contributed by atoms with Crippen molar-refractivity contribution in [3.63, 3.8) is 0 Å². The Morgan fingerprint density at radius 2 is 1.78 bits per heavy atom. The minimum atomic E-state index is -0.0493. The molecule has 3 saturated heterocycles. The molecule has 5 heteroatoms. The van der Waals surface area contributed by atoms with Gasteiger partial charge in [0.25, 0.3) is 5.91 Å². The van der Waals surface area contributed by atoms with Crippen LogP contribution < -0.4 is 0 Å². The first-order chi connectivity index (χ1) is 13.1. The summed E-state index contributed by atoms with van der Waals surface area (Å²) in [5.41, 5.74) is 1.87. The largest absolute Gasteiger partial charge is 0.381 e. The van der Waals surface area contributed by atoms with Gasteiger partial charge >= 0.3 is 0 Å². The van der Waals surface area contributed by atoms with Crippen molar-refractivity contribution in [3.8, 4) is 0 Å². The quantitative estimate of drug-likeness (QED) is 0.822. The van der Waals surface area contributed by atoms with Crippen LogP contribution in [-0.4, -0.2) is 61.0 Å². The summed E-state index contributed by atoms with van der Waals surface area (Å²) < 4.78 is 5.52. The summed E-state index contributed by atoms with van der Waals surface area (Å²) in [6.07, 6.45) is 4.03. The average Bonchev–Trinajstić information content (AvgIpc) is 3.39. The molecule has 3 fully saturated rings. The maximum atomic E-state index is 13.1. The molecule has 1 aromatic rings. The SMILES string of the molecule is Cc1ccc(C(=O)N2CCCC(C(=O)N3CCC(C4CCOC4)C3)C2)cc1. The van der Waals surface area contributed by atoms with E-state index in [4.69, 9.17) is 4.74 Å². The molecule has 3 aliphatic heterocycles. The molecule has 0 saturated carbocycles. The lowest BCUT2D eigenvalue weighted by Gasteiger charge is -2.34. The van der Waals surface area contributed by atoms with Crippen molar-refractivity contribution in [2.75, 3.05) is 39.4 Å². The lowest BCUT2D eigenvalue weighted by atomic mass is 9.91. The van der Waals surface area contributed by atoms with Crippen LogP contribution in [0.15, 0.2) is 24.3 Å². The van der Waals surface area contributed by atoms with E-state index in [1.807, 2.05) is 41.0 Å². The molecule has 0 spiro atoms. The molecular formula is C22H30N2O3. The zero-order valence-corrected chi connectivity index (χ0v) is 16.2. The number of hydrogen-bond acceptors (Lipinski definition) is 3. The lowest BCUT2D eigenvalue weighted by molar-refractivity contribution is -0.136. The highest BCUT2D eigenvalue weighted by Gasteiger charge is 2.37. The Kier molecular flexibility index (Phi) is 5.48. The summed E-state index contributed by atoms with van der Waals surface area (Å²) in [6.45, 7) is 6.78. The molecule has 1 aromatic carbocycles. The highest BCUT2D eigenvalue weighted by molar-refractivity contribution is 5.94. The number of ether oxygens (including phenoxy) is 1. The molecule has 2 amide bonds. The van der Waals surface area contributed by atoms with Crippen molar-refractivity contribution in [2.45, 2.75) is 32.6 Å². The van der Waals surface area contributed by atoms with Gasteiger partial charge < -0.3 is 14.5 Å². The highest BCUT2D eigenvalue weighted by atomic mass is 16.5. The second-order valence-corrected chi connectivity index (χ2v) is 8.41. The molecule has 5 nitrogen and oxygen atoms in total. The van der Waals surface area contributed by atoms with E-state index >= 15 is 0 Å². The van der Waals surface area contributed by atoms with E-state index in [9.17, 15) is 9.59 Å². The number of carbonyl (C=O) groups is 2. The van der Waals surface area contributed by atoms with Gasteiger partial charge in [-0.25, -0.2) is 0 Å². The van der Waals surface area contributed by atoms with Crippen molar-refractivity contribution in [1.29, 1.82) is 0 Å². The standard InChI is InChI=1S/C22H30N2O3/c1-16-4-6-17(7-5-16)21(25)23-10-2-3-19(14-23)22(26)24-11-8-18(13-24)20-9-12-27-15-20/h4-7,18-20H,2-3,8-15H2,1H3. The summed E-state index contributed by atoms with van der Waals surface area (Å²) in [5.74, 6) is 1.46. The van der Waals surface area contributed by atoms with Crippen LogP contribution in [0.1, 0.15) is 41.6 Å². The smallest absolute Gasteiger partial charge is 0.253 e. The van der Waals surface area contributed by atoms with Gasteiger partial charge in [-0.05, 0) is 56.6 Å². The van der Waals surface area contributed by atoms with Gasteiger partial charge in [0.05, 0.1) is 5.92 Å². The zero-order chi connectivity index (χ0) is 18.8. The number of carbonyl (C=O) groups excluding carboxylic acids is 2. The summed E-state index contributed by atoms with van der Waals surface area (Å²) in [7, 11) is 0. The minimum absolute atomic E-state index is 0.0493. The monoisotopic (exact) mass is 370 g/mol. The van der Waals surface area contributed by atoms with Gasteiger partial charge in [0.1, 0.15) is 0 Å². The fourth-order valence-electron chi connectivity index (χ4n) is 4.80. The molecule has 0 bridgehead atoms. The Morgan fingerprint density at radius 3 is 2.52 bits per heavy atom. The first-order valence-electron chi connectivity index (χ1n) is 10.3. The molecule has 3 atom stereocenters. The van der Waals surface area contributed by atoms with Gasteiger partial charge in [0, 0.05) is 45.0 Å². The summed E-state index contributed by atoms with van der Waals surface area (Å²) in [5, 5.41) is 0. The van der Waals surface area contributed by atoms with Crippen molar-refractivity contribution in [3.05, 3.63) is 35.4 Å². The van der Waals surface area contributed by atoms with Crippen LogP contribution in [0.3, 0.4) is 0 Å². The predicted molar refractivity (Wildman–Crippen MR) is 103 cm³/mol. The van der Waals surface area contributed by atoms with Gasteiger partial charge in [0.2, 0.25) is 5.91 Å². The van der Waals surface area contributed by atoms with E-state index in [0.717, 1.165) is 69.7 Å². The third kappa shape index (κ3) is 4.03. The van der Waals surface area contributed by atoms with Gasteiger partial charge in [0.15, 0.2) is 0 Å². The Hall–Kier alpha value is -1.88. The lowest BCUT2D eigenvalue weighted by Crippen LogP contribution is -2.46. The Bertz CT molecular complexity index is 681. The Labute approximate surface area is 161 Å². The first-order valence-corrected chi connectivity index (χ1v) is 10.3. The van der Waals surface area contributed by atoms with Crippen LogP contribution >= 0.6 is 0 Å². The molecular weight excluding hydrogens is 340 g/mol. The molecule has 0 N–H and O–H groups in total. The maximum absolute atomic E-state index is 13.1. The van der Waals surface area contributed by atoms with Gasteiger partial charge in [-0.2, -0.15) is 0 Å². The van der Waals surface area contributed by atoms with Gasteiger partial charge in [-0.15, -0.1) is 0 Å². The topological polar surface area (TPSA) is 49.9 Å². The number of piperidine rings is 1. The maximum Gasteiger partial charge on any atom is 0.253 e. The molecule has 3 aliphatic rings. The fraction of sp³-hybridized carbons (Fsp3) is 0.636. The van der Waals surface area contributed by atoms with E-state index in [1.54, 1.807) is 0 Å². The number of aryl methyl sites for hydroxylation is 1. The highest BCUT2D eigenvalue weighted by Crippen LogP contribution is 2.31. The normalized spacial score (nSPS) is 28.6. The summed E-state index contributed by atoms with van der Waals surface area (Å²) in [6, 6.07) is 7.71. The third-order valence-corrected chi connectivity index (χ3v) is 6.52. The van der Waals surface area contributed by atoms with Gasteiger partial charge in [-0.1, -0.05) is 17.7 Å². The Balaban J connectivity index is 1.35. The number of hydrogen-bond donors (Lipinski definition) is 0. The first kappa shape index (κ1) is 18.5. The van der Waals surface area contributed by atoms with E-state index in [1.165, 1.54) is 0 Å². The van der Waals surface area contributed by atoms with Crippen molar-refractivity contribution >= 4 is 11.8 Å². The second kappa shape index (κ2) is 8.01. The Morgan fingerprint density at radius 1 is 0.963 bits per heavy atom. The van der Waals surface area contributed by atoms with Crippen molar-refractivity contribution < 1.29 is 14.3 Å². The van der Waals surface area contributed by atoms with Crippen LogP contribution in [0.2, 0.25) is 0 Å². The molecule has 146 valence electrons. The summed E-state index contributed by atoms with van der Waals surface area (Å²) >= 11 is 0. The van der Waals surface area contributed by atoms with E-state index in [2.05, 4.69) is 0 Å². The number of likely N-dealkylation sites (tertiary alicyclic amines) is 2. The third-order valence-electron chi connectivity index (χ3n) is 6.52. The number of amides is 2. The van der Waals surface area contributed by atoms with E-state index in [0.29, 0.717) is 18.4 Å². The van der Waals surface area contributed by atoms with E-state index < -0.39 is 0 Å². The molecule has 3 unspecified atom stereocenters. The fourth-order valence-corrected chi connectivity index (χ4v) is 4.80. The average molecular weight is 370 g/mol. The molecule has 0 aliphatic carbocycles. The molecule has 0 aromatic heterocycles. The van der Waals surface area contributed by atoms with E-state index in [-0.39, 0.29) is 17.7 Å². The summed E-state index contributed by atoms with van der Waals surface area (Å²) in [4.78, 5) is 29.8. The van der Waals surface area contributed by atoms with Crippen LogP contribution in [0.4, 0.5) is 0 Å². The molecule has 3 heterocycles. The predicted octanol–water partition coefficient (Wildman–Crippen LogP) is 2.73. The van der Waals surface area contributed by atoms with Crippen LogP contribution in [-0.2, 0) is 9.53 Å². The number of nitrogens with zero attached hydrogens (tertiary/aromatic N) is 2.